The smallest absolute Gasteiger partial charge is 0.276 e. The molecule has 0 aliphatic carbocycles. The number of carbonyl (C=O) groups is 1. The Hall–Kier alpha value is -2.31. The first-order valence-corrected chi connectivity index (χ1v) is 9.78. The van der Waals surface area contributed by atoms with Gasteiger partial charge in [0.1, 0.15) is 5.70 Å². The summed E-state index contributed by atoms with van der Waals surface area (Å²) in [7, 11) is 0. The maximum Gasteiger partial charge on any atom is 0.276 e. The van der Waals surface area contributed by atoms with Gasteiger partial charge < -0.3 is 0 Å². The summed E-state index contributed by atoms with van der Waals surface area (Å²) < 4.78 is 0. The number of benzene rings is 2. The first-order chi connectivity index (χ1) is 12.7. The molecular formula is C19H17ClN4OS. The number of hydrazone groups is 1. The summed E-state index contributed by atoms with van der Waals surface area (Å²) in [5.74, 6) is 0.738. The fourth-order valence-corrected chi connectivity index (χ4v) is 3.78. The van der Waals surface area contributed by atoms with Crippen LogP contribution in [0.25, 0.3) is 5.70 Å². The fourth-order valence-electron chi connectivity index (χ4n) is 2.94. The molecule has 1 amide bonds. The molecule has 0 spiro atoms. The standard InChI is InChI=1S/C19H17ClN4OS/c1-2-11-26-19-22-18(25)16-14-5-3-4-6-15(14)21-17(24(16)23-19)12-7-9-13(20)10-8-12/h3-10,17H,2,11H2,1H3,(H,22,23,25)/t17-/m1/s1. The number of amidine groups is 1. The zero-order valence-electron chi connectivity index (χ0n) is 14.1. The van der Waals surface area contributed by atoms with Crippen molar-refractivity contribution in [2.45, 2.75) is 19.5 Å². The lowest BCUT2D eigenvalue weighted by molar-refractivity contribution is -0.116. The van der Waals surface area contributed by atoms with Crippen LogP contribution >= 0.6 is 23.4 Å². The quantitative estimate of drug-likeness (QED) is 0.885. The third-order valence-electron chi connectivity index (χ3n) is 4.13. The van der Waals surface area contributed by atoms with Crippen LogP contribution in [0.1, 0.15) is 25.1 Å². The number of halogens is 1. The van der Waals surface area contributed by atoms with Gasteiger partial charge in [0, 0.05) is 16.0 Å². The number of thioether (sulfide) groups is 1. The Balaban J connectivity index is 1.89. The number of para-hydroxylation sites is 1. The molecule has 2 aliphatic rings. The maximum atomic E-state index is 12.8. The van der Waals surface area contributed by atoms with Crippen LogP contribution in [0.4, 0.5) is 0 Å². The van der Waals surface area contributed by atoms with E-state index in [4.69, 9.17) is 16.6 Å². The first-order valence-electron chi connectivity index (χ1n) is 8.42. The van der Waals surface area contributed by atoms with Gasteiger partial charge in [-0.15, -0.1) is 5.10 Å². The van der Waals surface area contributed by atoms with Gasteiger partial charge in [-0.05, 0) is 30.2 Å². The van der Waals surface area contributed by atoms with Crippen molar-refractivity contribution in [2.24, 2.45) is 10.1 Å². The number of nitrogens with one attached hydrogen (secondary N) is 1. The van der Waals surface area contributed by atoms with Crippen molar-refractivity contribution in [1.82, 2.24) is 10.3 Å². The summed E-state index contributed by atoms with van der Waals surface area (Å²) >= 11 is 7.57. The van der Waals surface area contributed by atoms with Crippen molar-refractivity contribution < 1.29 is 4.79 Å². The molecule has 26 heavy (non-hydrogen) atoms. The molecule has 5 nitrogen and oxygen atoms in total. The maximum absolute atomic E-state index is 12.8. The van der Waals surface area contributed by atoms with E-state index in [2.05, 4.69) is 17.3 Å². The number of fused-ring (bicyclic) bond motifs is 2. The van der Waals surface area contributed by atoms with Gasteiger partial charge in [-0.1, -0.05) is 60.6 Å². The van der Waals surface area contributed by atoms with E-state index in [9.17, 15) is 4.79 Å². The molecular weight excluding hydrogens is 368 g/mol. The summed E-state index contributed by atoms with van der Waals surface area (Å²) in [6, 6.07) is 15.1. The van der Waals surface area contributed by atoms with Crippen molar-refractivity contribution >= 4 is 40.1 Å². The second kappa shape index (κ2) is 7.13. The molecule has 0 radical (unpaired) electrons. The number of carbonyl (C=O) groups excluding carboxylic acids is 1. The fraction of sp³-hybridized carbons (Fsp3) is 0.211. The van der Waals surface area contributed by atoms with Gasteiger partial charge in [0.05, 0.1) is 5.36 Å². The summed E-state index contributed by atoms with van der Waals surface area (Å²) in [4.78, 5) is 17.7. The first kappa shape index (κ1) is 17.1. The second-order valence-electron chi connectivity index (χ2n) is 5.97. The number of hydrogen-bond donors (Lipinski definition) is 1. The Labute approximate surface area is 160 Å². The van der Waals surface area contributed by atoms with Crippen LogP contribution in [0, 0.1) is 0 Å². The highest BCUT2D eigenvalue weighted by atomic mass is 35.5. The Morgan fingerprint density at radius 3 is 2.73 bits per heavy atom. The minimum absolute atomic E-state index is 0.153. The third kappa shape index (κ3) is 3.10. The number of amides is 1. The molecule has 2 aromatic carbocycles. The Morgan fingerprint density at radius 1 is 1.19 bits per heavy atom. The largest absolute Gasteiger partial charge is 0.298 e. The van der Waals surface area contributed by atoms with Gasteiger partial charge in [0.15, 0.2) is 11.3 Å². The number of nitrogens with zero attached hydrogens (tertiary/aromatic N) is 3. The average Bonchev–Trinajstić information content (AvgIpc) is 2.66. The van der Waals surface area contributed by atoms with E-state index >= 15 is 0 Å². The molecule has 0 saturated carbocycles. The zero-order valence-corrected chi connectivity index (χ0v) is 15.7. The van der Waals surface area contributed by atoms with E-state index in [1.807, 2.05) is 48.5 Å². The lowest BCUT2D eigenvalue weighted by Gasteiger charge is -2.34. The Kier molecular flexibility index (Phi) is 4.70. The SMILES string of the molecule is CCCSC1=NN2C(=c3ccccc3=N[C@H]2c2ccc(Cl)cc2)C(=O)N1. The van der Waals surface area contributed by atoms with Crippen molar-refractivity contribution in [2.75, 3.05) is 5.75 Å². The zero-order chi connectivity index (χ0) is 18.1. The van der Waals surface area contributed by atoms with Crippen LogP contribution in [0.15, 0.2) is 58.6 Å². The van der Waals surface area contributed by atoms with Gasteiger partial charge in [-0.2, -0.15) is 0 Å². The molecule has 1 atom stereocenters. The van der Waals surface area contributed by atoms with Crippen LogP contribution in [0.5, 0.6) is 0 Å². The van der Waals surface area contributed by atoms with Crippen LogP contribution in [0.2, 0.25) is 5.02 Å². The van der Waals surface area contributed by atoms with Gasteiger partial charge in [-0.25, -0.2) is 5.01 Å². The lowest BCUT2D eigenvalue weighted by Crippen LogP contribution is -2.50. The van der Waals surface area contributed by atoms with Crippen molar-refractivity contribution in [3.8, 4) is 0 Å². The van der Waals surface area contributed by atoms with Crippen LogP contribution in [-0.4, -0.2) is 21.8 Å². The van der Waals surface area contributed by atoms with Crippen molar-refractivity contribution in [3.05, 3.63) is 69.7 Å². The van der Waals surface area contributed by atoms with Gasteiger partial charge in [0.2, 0.25) is 0 Å². The predicted octanol–water partition coefficient (Wildman–Crippen LogP) is 2.63. The minimum Gasteiger partial charge on any atom is -0.298 e. The molecule has 0 saturated heterocycles. The second-order valence-corrected chi connectivity index (χ2v) is 7.49. The summed E-state index contributed by atoms with van der Waals surface area (Å²) in [6.45, 7) is 2.10. The highest BCUT2D eigenvalue weighted by molar-refractivity contribution is 8.13. The molecule has 2 aromatic rings. The molecule has 2 aliphatic heterocycles. The van der Waals surface area contributed by atoms with E-state index in [1.54, 1.807) is 5.01 Å². The van der Waals surface area contributed by atoms with E-state index in [0.29, 0.717) is 15.9 Å². The van der Waals surface area contributed by atoms with Crippen molar-refractivity contribution in [3.63, 3.8) is 0 Å². The highest BCUT2D eigenvalue weighted by Crippen LogP contribution is 2.31. The molecule has 0 unspecified atom stereocenters. The van der Waals surface area contributed by atoms with Crippen LogP contribution < -0.4 is 15.9 Å². The molecule has 1 N–H and O–H groups in total. The lowest BCUT2D eigenvalue weighted by atomic mass is 10.1. The van der Waals surface area contributed by atoms with Crippen LogP contribution in [0.3, 0.4) is 0 Å². The molecule has 132 valence electrons. The summed E-state index contributed by atoms with van der Waals surface area (Å²) in [5, 5.41) is 12.2. The molecule has 7 heteroatoms. The Morgan fingerprint density at radius 2 is 1.96 bits per heavy atom. The number of rotatable bonds is 3. The van der Waals surface area contributed by atoms with E-state index in [0.717, 1.165) is 28.3 Å². The van der Waals surface area contributed by atoms with Crippen LogP contribution in [-0.2, 0) is 4.79 Å². The Bertz CT molecular complexity index is 1000. The number of hydrogen-bond acceptors (Lipinski definition) is 5. The summed E-state index contributed by atoms with van der Waals surface area (Å²) in [5.41, 5.74) is 1.45. The van der Waals surface area contributed by atoms with E-state index < -0.39 is 6.17 Å². The van der Waals surface area contributed by atoms with Gasteiger partial charge in [0.25, 0.3) is 5.91 Å². The normalized spacial score (nSPS) is 18.5. The molecule has 0 fully saturated rings. The molecule has 0 aromatic heterocycles. The summed E-state index contributed by atoms with van der Waals surface area (Å²) in [6.07, 6.45) is 0.602. The molecule has 2 heterocycles. The third-order valence-corrected chi connectivity index (χ3v) is 5.45. The monoisotopic (exact) mass is 384 g/mol. The minimum atomic E-state index is -0.402. The van der Waals surface area contributed by atoms with Crippen molar-refractivity contribution in [1.29, 1.82) is 0 Å². The molecule has 0 bridgehead atoms. The average molecular weight is 385 g/mol. The predicted molar refractivity (Wildman–Crippen MR) is 105 cm³/mol. The van der Waals surface area contributed by atoms with E-state index in [-0.39, 0.29) is 5.91 Å². The van der Waals surface area contributed by atoms with Gasteiger partial charge >= 0.3 is 0 Å². The van der Waals surface area contributed by atoms with E-state index in [1.165, 1.54) is 11.8 Å². The van der Waals surface area contributed by atoms with Gasteiger partial charge in [-0.3, -0.25) is 15.1 Å². The highest BCUT2D eigenvalue weighted by Gasteiger charge is 2.34. The molecule has 4 rings (SSSR count). The topological polar surface area (TPSA) is 57.1 Å².